The van der Waals surface area contributed by atoms with Crippen molar-refractivity contribution in [2.24, 2.45) is 0 Å². The van der Waals surface area contributed by atoms with Gasteiger partial charge < -0.3 is 25.7 Å². The van der Waals surface area contributed by atoms with E-state index in [0.717, 1.165) is 38.5 Å². The number of rotatable bonds is 55. The third-order valence-electron chi connectivity index (χ3n) is 14.3. The molecule has 4 unspecified atom stereocenters. The topological polar surface area (TPSA) is 110 Å². The second-order valence-electron chi connectivity index (χ2n) is 20.7. The Hall–Kier alpha value is -0.690. The smallest absolute Gasteiger partial charge is 0.249 e. The molecule has 1 amide bonds. The van der Waals surface area contributed by atoms with Crippen LogP contribution in [0.15, 0.2) is 0 Å². The van der Waals surface area contributed by atoms with Crippen molar-refractivity contribution in [1.82, 2.24) is 5.32 Å². The molecule has 64 heavy (non-hydrogen) atoms. The molecule has 0 aliphatic carbocycles. The van der Waals surface area contributed by atoms with Gasteiger partial charge in [0.1, 0.15) is 12.2 Å². The van der Waals surface area contributed by atoms with Gasteiger partial charge in [0.15, 0.2) is 0 Å². The molecule has 0 fully saturated rings. The lowest BCUT2D eigenvalue weighted by atomic mass is 9.99. The summed E-state index contributed by atoms with van der Waals surface area (Å²) in [7, 11) is 0. The summed E-state index contributed by atoms with van der Waals surface area (Å²) in [6.45, 7) is 4.11. The Labute approximate surface area is 400 Å². The summed E-state index contributed by atoms with van der Waals surface area (Å²) >= 11 is 0. The van der Waals surface area contributed by atoms with Gasteiger partial charge in [-0.2, -0.15) is 0 Å². The van der Waals surface area contributed by atoms with Crippen molar-refractivity contribution in [2.45, 2.75) is 359 Å². The van der Waals surface area contributed by atoms with Gasteiger partial charge in [0, 0.05) is 0 Å². The largest absolute Gasteiger partial charge is 0.394 e. The number of aliphatic hydroxyl groups excluding tert-OH is 4. The zero-order chi connectivity index (χ0) is 46.7. The molecular formula is C58H117NO5. The van der Waals surface area contributed by atoms with Gasteiger partial charge >= 0.3 is 0 Å². The summed E-state index contributed by atoms with van der Waals surface area (Å²) in [5, 5.41) is 44.1. The molecule has 0 aliphatic heterocycles. The van der Waals surface area contributed by atoms with Crippen LogP contribution in [0.2, 0.25) is 0 Å². The molecule has 0 saturated heterocycles. The molecule has 0 radical (unpaired) electrons. The molecule has 6 heteroatoms. The van der Waals surface area contributed by atoms with E-state index < -0.39 is 36.9 Å². The van der Waals surface area contributed by atoms with Crippen molar-refractivity contribution < 1.29 is 25.2 Å². The molecule has 384 valence electrons. The van der Waals surface area contributed by atoms with Crippen molar-refractivity contribution in [3.05, 3.63) is 0 Å². The van der Waals surface area contributed by atoms with Gasteiger partial charge in [-0.05, 0) is 12.8 Å². The monoisotopic (exact) mass is 908 g/mol. The quantitative estimate of drug-likeness (QED) is 0.0391. The summed E-state index contributed by atoms with van der Waals surface area (Å²) in [6, 6.07) is -0.981. The molecule has 0 aliphatic rings. The maximum atomic E-state index is 12.6. The molecule has 0 bridgehead atoms. The minimum absolute atomic E-state index is 0.376. The van der Waals surface area contributed by atoms with Crippen LogP contribution in [0.25, 0.3) is 0 Å². The Kier molecular flexibility index (Phi) is 52.7. The number of aliphatic hydroxyl groups is 4. The van der Waals surface area contributed by atoms with Gasteiger partial charge in [-0.1, -0.05) is 322 Å². The van der Waals surface area contributed by atoms with E-state index in [1.807, 2.05) is 0 Å². The van der Waals surface area contributed by atoms with Gasteiger partial charge in [-0.3, -0.25) is 4.79 Å². The molecule has 0 rings (SSSR count). The Bertz CT molecular complexity index is 887. The molecule has 0 heterocycles. The highest BCUT2D eigenvalue weighted by molar-refractivity contribution is 5.80. The van der Waals surface area contributed by atoms with E-state index in [1.165, 1.54) is 270 Å². The fourth-order valence-corrected chi connectivity index (χ4v) is 9.70. The van der Waals surface area contributed by atoms with Crippen molar-refractivity contribution >= 4 is 5.91 Å². The average Bonchev–Trinajstić information content (AvgIpc) is 3.30. The first-order valence-corrected chi connectivity index (χ1v) is 29.4. The summed E-state index contributed by atoms with van der Waals surface area (Å²) < 4.78 is 0. The van der Waals surface area contributed by atoms with Gasteiger partial charge in [-0.25, -0.2) is 0 Å². The van der Waals surface area contributed by atoms with Crippen LogP contribution in [0.1, 0.15) is 335 Å². The number of carbonyl (C=O) groups is 1. The van der Waals surface area contributed by atoms with E-state index in [0.29, 0.717) is 12.8 Å². The lowest BCUT2D eigenvalue weighted by molar-refractivity contribution is -0.132. The summed E-state index contributed by atoms with van der Waals surface area (Å²) in [4.78, 5) is 12.6. The highest BCUT2D eigenvalue weighted by atomic mass is 16.3. The van der Waals surface area contributed by atoms with Gasteiger partial charge in [0.2, 0.25) is 5.91 Å². The Morgan fingerprint density at radius 1 is 0.328 bits per heavy atom. The first-order chi connectivity index (χ1) is 31.5. The van der Waals surface area contributed by atoms with Gasteiger partial charge in [0.25, 0.3) is 0 Å². The summed E-state index contributed by atoms with van der Waals surface area (Å²) in [5.41, 5.74) is 0. The minimum Gasteiger partial charge on any atom is -0.394 e. The van der Waals surface area contributed by atoms with Crippen LogP contribution in [0.4, 0.5) is 0 Å². The van der Waals surface area contributed by atoms with Crippen molar-refractivity contribution in [1.29, 1.82) is 0 Å². The number of nitrogens with one attached hydrogen (secondary N) is 1. The van der Waals surface area contributed by atoms with E-state index in [-0.39, 0.29) is 0 Å². The van der Waals surface area contributed by atoms with Gasteiger partial charge in [-0.15, -0.1) is 0 Å². The number of unbranched alkanes of at least 4 members (excludes halogenated alkanes) is 46. The van der Waals surface area contributed by atoms with E-state index in [9.17, 15) is 25.2 Å². The molecule has 0 aromatic carbocycles. The van der Waals surface area contributed by atoms with Crippen LogP contribution in [0.3, 0.4) is 0 Å². The van der Waals surface area contributed by atoms with Crippen LogP contribution in [-0.2, 0) is 4.79 Å². The molecule has 4 atom stereocenters. The van der Waals surface area contributed by atoms with Gasteiger partial charge in [0.05, 0.1) is 18.8 Å². The van der Waals surface area contributed by atoms with Crippen LogP contribution < -0.4 is 5.32 Å². The predicted octanol–water partition coefficient (Wildman–Crippen LogP) is 17.1. The zero-order valence-corrected chi connectivity index (χ0v) is 43.6. The maximum Gasteiger partial charge on any atom is 0.249 e. The van der Waals surface area contributed by atoms with E-state index in [1.54, 1.807) is 0 Å². The Balaban J connectivity index is 3.57. The maximum absolute atomic E-state index is 12.6. The first kappa shape index (κ1) is 63.3. The average molecular weight is 909 g/mol. The van der Waals surface area contributed by atoms with Crippen LogP contribution in [0.5, 0.6) is 0 Å². The molecule has 0 aromatic rings. The molecule has 0 aromatic heterocycles. The van der Waals surface area contributed by atoms with Crippen molar-refractivity contribution in [3.63, 3.8) is 0 Å². The lowest BCUT2D eigenvalue weighted by Crippen LogP contribution is -2.53. The highest BCUT2D eigenvalue weighted by Crippen LogP contribution is 2.19. The third-order valence-corrected chi connectivity index (χ3v) is 14.3. The van der Waals surface area contributed by atoms with Crippen molar-refractivity contribution in [3.8, 4) is 0 Å². The Morgan fingerprint density at radius 3 is 0.750 bits per heavy atom. The summed E-state index contributed by atoms with van der Waals surface area (Å²) in [6.07, 6.45) is 61.8. The number of hydrogen-bond acceptors (Lipinski definition) is 5. The zero-order valence-electron chi connectivity index (χ0n) is 43.6. The molecule has 0 spiro atoms. The number of carbonyl (C=O) groups excluding carboxylic acids is 1. The van der Waals surface area contributed by atoms with E-state index in [4.69, 9.17) is 0 Å². The van der Waals surface area contributed by atoms with E-state index in [2.05, 4.69) is 19.2 Å². The van der Waals surface area contributed by atoms with E-state index >= 15 is 0 Å². The molecular weight excluding hydrogens is 791 g/mol. The molecule has 0 saturated carbocycles. The lowest BCUT2D eigenvalue weighted by Gasteiger charge is -2.27. The second-order valence-corrected chi connectivity index (χ2v) is 20.7. The minimum atomic E-state index is -1.25. The fourth-order valence-electron chi connectivity index (χ4n) is 9.70. The third kappa shape index (κ3) is 46.4. The van der Waals surface area contributed by atoms with Crippen molar-refractivity contribution in [2.75, 3.05) is 6.61 Å². The standard InChI is InChI=1S/C58H117NO5/c1-3-5-7-9-11-13-15-17-19-21-23-25-27-28-29-30-32-34-36-38-40-42-44-46-48-50-52-56(62)58(64)59-54(53-60)57(63)55(61)51-49-47-45-43-41-39-37-35-33-31-26-24-22-20-18-16-14-12-10-8-6-4-2/h54-57,60-63H,3-53H2,1-2H3,(H,59,64). The van der Waals surface area contributed by atoms with Crippen LogP contribution in [0, 0.1) is 0 Å². The normalized spacial score (nSPS) is 13.7. The Morgan fingerprint density at radius 2 is 0.531 bits per heavy atom. The fraction of sp³-hybridized carbons (Fsp3) is 0.983. The van der Waals surface area contributed by atoms with Crippen LogP contribution in [-0.4, -0.2) is 57.3 Å². The molecule has 5 N–H and O–H groups in total. The highest BCUT2D eigenvalue weighted by Gasteiger charge is 2.28. The summed E-state index contributed by atoms with van der Waals surface area (Å²) in [5.74, 6) is -0.575. The molecule has 6 nitrogen and oxygen atoms in total. The second kappa shape index (κ2) is 53.3. The number of hydrogen-bond donors (Lipinski definition) is 5. The first-order valence-electron chi connectivity index (χ1n) is 29.4. The number of amides is 1. The van der Waals surface area contributed by atoms with Crippen LogP contribution >= 0.6 is 0 Å². The predicted molar refractivity (Wildman–Crippen MR) is 279 cm³/mol. The SMILES string of the molecule is CCCCCCCCCCCCCCCCCCCCCCCCCCCCC(O)C(=O)NC(CO)C(O)C(O)CCCCCCCCCCCCCCCCCCCCCCCC.